The lowest BCUT2D eigenvalue weighted by atomic mass is 10.2. The van der Waals surface area contributed by atoms with Crippen molar-refractivity contribution in [2.45, 2.75) is 26.1 Å². The molecule has 0 aliphatic carbocycles. The van der Waals surface area contributed by atoms with Crippen LogP contribution in [-0.4, -0.2) is 36.1 Å². The van der Waals surface area contributed by atoms with Gasteiger partial charge in [0.25, 0.3) is 0 Å². The van der Waals surface area contributed by atoms with E-state index in [9.17, 15) is 0 Å². The summed E-state index contributed by atoms with van der Waals surface area (Å²) in [5.74, 6) is 0.00112. The Kier molecular flexibility index (Phi) is 3.28. The minimum Gasteiger partial charge on any atom is -0.382 e. The molecule has 0 saturated carbocycles. The van der Waals surface area contributed by atoms with E-state index in [4.69, 9.17) is 15.9 Å². The van der Waals surface area contributed by atoms with Crippen LogP contribution in [0.4, 0.5) is 5.69 Å². The van der Waals surface area contributed by atoms with Crippen LogP contribution in [0.5, 0.6) is 0 Å². The summed E-state index contributed by atoms with van der Waals surface area (Å²) in [5.41, 5.74) is 7.02. The van der Waals surface area contributed by atoms with Gasteiger partial charge in [-0.3, -0.25) is 10.4 Å². The zero-order chi connectivity index (χ0) is 12.4. The fourth-order valence-corrected chi connectivity index (χ4v) is 2.15. The Morgan fingerprint density at radius 2 is 2.12 bits per heavy atom. The van der Waals surface area contributed by atoms with E-state index >= 15 is 0 Å². The number of nitrogens with two attached hydrogens (primary N) is 1. The van der Waals surface area contributed by atoms with Gasteiger partial charge in [0.15, 0.2) is 0 Å². The molecule has 1 aliphatic rings. The van der Waals surface area contributed by atoms with Crippen molar-refractivity contribution in [1.29, 1.82) is 5.41 Å². The monoisotopic (exact) mass is 234 g/mol. The number of rotatable bonds is 2. The molecular weight excluding hydrogens is 216 g/mol. The predicted octanol–water partition coefficient (Wildman–Crippen LogP) is 0.979. The number of hydrogen-bond donors (Lipinski definition) is 2. The number of pyridine rings is 1. The lowest BCUT2D eigenvalue weighted by Gasteiger charge is -2.36. The zero-order valence-corrected chi connectivity index (χ0v) is 10.2. The zero-order valence-electron chi connectivity index (χ0n) is 10.2. The molecule has 0 bridgehead atoms. The number of hydrogen-bond acceptors (Lipinski definition) is 4. The van der Waals surface area contributed by atoms with Crippen molar-refractivity contribution >= 4 is 11.5 Å². The molecule has 0 unspecified atom stereocenters. The van der Waals surface area contributed by atoms with Crippen LogP contribution in [0.25, 0.3) is 0 Å². The molecular formula is C12H18N4O. The number of nitrogens with zero attached hydrogens (tertiary/aromatic N) is 2. The number of ether oxygens (including phenoxy) is 1. The number of morpholine rings is 1. The first kappa shape index (κ1) is 11.9. The van der Waals surface area contributed by atoms with Gasteiger partial charge in [-0.15, -0.1) is 0 Å². The molecule has 1 fully saturated rings. The van der Waals surface area contributed by atoms with Crippen molar-refractivity contribution in [2.24, 2.45) is 5.73 Å². The third kappa shape index (κ3) is 2.74. The van der Waals surface area contributed by atoms with Crippen molar-refractivity contribution in [3.05, 3.63) is 24.0 Å². The van der Waals surface area contributed by atoms with Gasteiger partial charge in [0.2, 0.25) is 0 Å². The summed E-state index contributed by atoms with van der Waals surface area (Å²) in [6.45, 7) is 5.84. The van der Waals surface area contributed by atoms with Crippen molar-refractivity contribution in [2.75, 3.05) is 18.0 Å². The van der Waals surface area contributed by atoms with Crippen LogP contribution in [0.1, 0.15) is 19.5 Å². The number of nitrogen functional groups attached to an aromatic ring is 1. The van der Waals surface area contributed by atoms with Gasteiger partial charge in [0.05, 0.1) is 12.2 Å². The lowest BCUT2D eigenvalue weighted by molar-refractivity contribution is -0.00522. The topological polar surface area (TPSA) is 75.2 Å². The van der Waals surface area contributed by atoms with E-state index in [1.807, 2.05) is 12.1 Å². The van der Waals surface area contributed by atoms with Crippen LogP contribution in [-0.2, 0) is 4.74 Å². The molecule has 2 rings (SSSR count). The summed E-state index contributed by atoms with van der Waals surface area (Å²) in [6.07, 6.45) is 2.12. The number of amidine groups is 1. The van der Waals surface area contributed by atoms with Crippen LogP contribution in [0.2, 0.25) is 0 Å². The van der Waals surface area contributed by atoms with Crippen LogP contribution < -0.4 is 10.6 Å². The van der Waals surface area contributed by atoms with E-state index in [-0.39, 0.29) is 18.0 Å². The van der Waals surface area contributed by atoms with Gasteiger partial charge >= 0.3 is 0 Å². The summed E-state index contributed by atoms with van der Waals surface area (Å²) < 4.78 is 5.69. The second-order valence-corrected chi connectivity index (χ2v) is 4.48. The van der Waals surface area contributed by atoms with E-state index in [1.165, 1.54) is 0 Å². The Morgan fingerprint density at radius 1 is 1.47 bits per heavy atom. The first-order chi connectivity index (χ1) is 8.06. The van der Waals surface area contributed by atoms with Gasteiger partial charge in [-0.2, -0.15) is 0 Å². The van der Waals surface area contributed by atoms with Crippen molar-refractivity contribution < 1.29 is 4.74 Å². The molecule has 2 heterocycles. The Morgan fingerprint density at radius 3 is 2.71 bits per heavy atom. The summed E-state index contributed by atoms with van der Waals surface area (Å²) in [6, 6.07) is 3.80. The second-order valence-electron chi connectivity index (χ2n) is 4.48. The molecule has 2 atom stereocenters. The first-order valence-corrected chi connectivity index (χ1v) is 5.77. The lowest BCUT2D eigenvalue weighted by Crippen LogP contribution is -2.45. The Balaban J connectivity index is 2.21. The first-order valence-electron chi connectivity index (χ1n) is 5.77. The average molecular weight is 234 g/mol. The molecule has 0 spiro atoms. The molecule has 17 heavy (non-hydrogen) atoms. The van der Waals surface area contributed by atoms with Crippen LogP contribution in [0, 0.1) is 5.41 Å². The Labute approximate surface area is 101 Å². The second kappa shape index (κ2) is 4.71. The number of aromatic nitrogens is 1. The summed E-state index contributed by atoms with van der Waals surface area (Å²) in [7, 11) is 0. The normalized spacial score (nSPS) is 24.7. The van der Waals surface area contributed by atoms with E-state index < -0.39 is 0 Å². The predicted molar refractivity (Wildman–Crippen MR) is 67.5 cm³/mol. The third-order valence-electron chi connectivity index (χ3n) is 2.80. The third-order valence-corrected chi connectivity index (χ3v) is 2.80. The molecule has 92 valence electrons. The van der Waals surface area contributed by atoms with E-state index in [0.29, 0.717) is 5.69 Å². The SMILES string of the molecule is C[C@@H]1CN(c2ccnc(C(=N)N)c2)C[C@H](C)O1. The quantitative estimate of drug-likeness (QED) is 0.591. The molecule has 1 saturated heterocycles. The van der Waals surface area contributed by atoms with Gasteiger partial charge in [0, 0.05) is 25.0 Å². The van der Waals surface area contributed by atoms with Crippen molar-refractivity contribution in [3.63, 3.8) is 0 Å². The van der Waals surface area contributed by atoms with Crippen LogP contribution in [0.15, 0.2) is 18.3 Å². The molecule has 0 amide bonds. The summed E-state index contributed by atoms with van der Waals surface area (Å²) in [4.78, 5) is 6.31. The summed E-state index contributed by atoms with van der Waals surface area (Å²) >= 11 is 0. The fraction of sp³-hybridized carbons (Fsp3) is 0.500. The highest BCUT2D eigenvalue weighted by Crippen LogP contribution is 2.20. The minimum atomic E-state index is 0.00112. The van der Waals surface area contributed by atoms with Gasteiger partial charge in [-0.25, -0.2) is 0 Å². The van der Waals surface area contributed by atoms with Gasteiger partial charge < -0.3 is 15.4 Å². The van der Waals surface area contributed by atoms with Gasteiger partial charge in [-0.05, 0) is 26.0 Å². The van der Waals surface area contributed by atoms with E-state index in [1.54, 1.807) is 6.20 Å². The highest BCUT2D eigenvalue weighted by Gasteiger charge is 2.22. The molecule has 0 aromatic carbocycles. The molecule has 3 N–H and O–H groups in total. The Hall–Kier alpha value is -1.62. The molecule has 5 nitrogen and oxygen atoms in total. The average Bonchev–Trinajstić information content (AvgIpc) is 2.28. The molecule has 5 heteroatoms. The van der Waals surface area contributed by atoms with Gasteiger partial charge in [-0.1, -0.05) is 0 Å². The van der Waals surface area contributed by atoms with E-state index in [2.05, 4.69) is 23.7 Å². The fourth-order valence-electron chi connectivity index (χ4n) is 2.15. The molecule has 1 aliphatic heterocycles. The number of nitrogens with one attached hydrogen (secondary N) is 1. The highest BCUT2D eigenvalue weighted by atomic mass is 16.5. The highest BCUT2D eigenvalue weighted by molar-refractivity contribution is 5.93. The smallest absolute Gasteiger partial charge is 0.141 e. The van der Waals surface area contributed by atoms with Gasteiger partial charge in [0.1, 0.15) is 11.5 Å². The maximum absolute atomic E-state index is 7.40. The van der Waals surface area contributed by atoms with E-state index in [0.717, 1.165) is 18.8 Å². The van der Waals surface area contributed by atoms with Crippen molar-refractivity contribution in [1.82, 2.24) is 4.98 Å². The molecule has 0 radical (unpaired) electrons. The number of anilines is 1. The van der Waals surface area contributed by atoms with Crippen LogP contribution in [0.3, 0.4) is 0 Å². The van der Waals surface area contributed by atoms with Crippen LogP contribution >= 0.6 is 0 Å². The summed E-state index contributed by atoms with van der Waals surface area (Å²) in [5, 5.41) is 7.40. The molecule has 1 aromatic rings. The largest absolute Gasteiger partial charge is 0.382 e. The standard InChI is InChI=1S/C12H18N4O/c1-8-6-16(7-9(2)17-8)10-3-4-15-11(5-10)12(13)14/h3-5,8-9H,6-7H2,1-2H3,(H3,13,14)/t8-,9+. The maximum Gasteiger partial charge on any atom is 0.141 e. The maximum atomic E-state index is 7.40. The molecule has 1 aromatic heterocycles. The Bertz CT molecular complexity index is 411. The minimum absolute atomic E-state index is 0.00112. The van der Waals surface area contributed by atoms with Crippen molar-refractivity contribution in [3.8, 4) is 0 Å².